The molecule has 0 aliphatic carbocycles. The summed E-state index contributed by atoms with van der Waals surface area (Å²) in [5.41, 5.74) is 1.06. The second kappa shape index (κ2) is 7.88. The molecule has 0 spiro atoms. The second-order valence-electron chi connectivity index (χ2n) is 5.28. The summed E-state index contributed by atoms with van der Waals surface area (Å²) in [6.45, 7) is 2.74. The van der Waals surface area contributed by atoms with Crippen molar-refractivity contribution in [2.24, 2.45) is 0 Å². The van der Waals surface area contributed by atoms with E-state index in [-0.39, 0.29) is 11.8 Å². The fraction of sp³-hybridized carbons (Fsp3) is 0.600. The maximum atomic E-state index is 12.3. The van der Waals surface area contributed by atoms with E-state index in [0.717, 1.165) is 20.4 Å². The lowest BCUT2D eigenvalue weighted by atomic mass is 10.1. The molecule has 0 saturated carbocycles. The Morgan fingerprint density at radius 2 is 1.33 bits per heavy atom. The smallest absolute Gasteiger partial charge is 0.263 e. The van der Waals surface area contributed by atoms with Gasteiger partial charge in [0.25, 0.3) is 11.8 Å². The van der Waals surface area contributed by atoms with Gasteiger partial charge in [0, 0.05) is 6.54 Å². The SMILES string of the molecule is CCCCCCCCCN1C(=O)c2c(Br)sc(Br)c2C1=O. The number of rotatable bonds is 8. The highest BCUT2D eigenvalue weighted by molar-refractivity contribution is 9.12. The van der Waals surface area contributed by atoms with Crippen molar-refractivity contribution >= 4 is 55.0 Å². The zero-order valence-electron chi connectivity index (χ0n) is 12.1. The molecule has 3 nitrogen and oxygen atoms in total. The minimum Gasteiger partial charge on any atom is -0.274 e. The molecule has 0 aromatic carbocycles. The number of amides is 2. The van der Waals surface area contributed by atoms with E-state index in [1.165, 1.54) is 48.3 Å². The van der Waals surface area contributed by atoms with Crippen LogP contribution in [-0.4, -0.2) is 23.3 Å². The molecular formula is C15H19Br2NO2S. The van der Waals surface area contributed by atoms with Crippen LogP contribution in [0.4, 0.5) is 0 Å². The molecule has 0 radical (unpaired) electrons. The second-order valence-corrected chi connectivity index (χ2v) is 8.94. The molecule has 1 aliphatic rings. The van der Waals surface area contributed by atoms with Crippen molar-refractivity contribution in [3.05, 3.63) is 18.7 Å². The molecule has 1 aromatic heterocycles. The fourth-order valence-corrected chi connectivity index (χ4v) is 5.65. The van der Waals surface area contributed by atoms with Crippen LogP contribution < -0.4 is 0 Å². The number of imide groups is 1. The Morgan fingerprint density at radius 3 is 1.86 bits per heavy atom. The lowest BCUT2D eigenvalue weighted by Crippen LogP contribution is -2.31. The molecule has 2 amide bonds. The van der Waals surface area contributed by atoms with E-state index >= 15 is 0 Å². The van der Waals surface area contributed by atoms with Gasteiger partial charge in [0.05, 0.1) is 18.7 Å². The average Bonchev–Trinajstić information content (AvgIpc) is 2.88. The van der Waals surface area contributed by atoms with Gasteiger partial charge in [-0.15, -0.1) is 11.3 Å². The van der Waals surface area contributed by atoms with Crippen molar-refractivity contribution in [2.75, 3.05) is 6.54 Å². The monoisotopic (exact) mass is 435 g/mol. The van der Waals surface area contributed by atoms with Crippen molar-refractivity contribution < 1.29 is 9.59 Å². The van der Waals surface area contributed by atoms with E-state index in [1.807, 2.05) is 0 Å². The third-order valence-corrected chi connectivity index (χ3v) is 6.26. The Bertz CT molecular complexity index is 506. The predicted molar refractivity (Wildman–Crippen MR) is 93.1 cm³/mol. The van der Waals surface area contributed by atoms with Gasteiger partial charge in [-0.3, -0.25) is 14.5 Å². The first-order valence-corrected chi connectivity index (χ1v) is 9.82. The largest absolute Gasteiger partial charge is 0.274 e. The molecule has 6 heteroatoms. The number of hydrogen-bond acceptors (Lipinski definition) is 3. The van der Waals surface area contributed by atoms with Crippen LogP contribution >= 0.6 is 43.2 Å². The third kappa shape index (κ3) is 3.77. The molecule has 0 saturated heterocycles. The Hall–Kier alpha value is -0.200. The molecular weight excluding hydrogens is 418 g/mol. The summed E-state index contributed by atoms with van der Waals surface area (Å²) in [5, 5.41) is 0. The van der Waals surface area contributed by atoms with E-state index in [1.54, 1.807) is 0 Å². The van der Waals surface area contributed by atoms with Gasteiger partial charge in [-0.25, -0.2) is 0 Å². The van der Waals surface area contributed by atoms with Crippen molar-refractivity contribution in [2.45, 2.75) is 51.9 Å². The van der Waals surface area contributed by atoms with E-state index in [0.29, 0.717) is 17.7 Å². The maximum Gasteiger partial charge on any atom is 0.263 e. The summed E-state index contributed by atoms with van der Waals surface area (Å²) in [6.07, 6.45) is 8.25. The lowest BCUT2D eigenvalue weighted by molar-refractivity contribution is 0.0651. The van der Waals surface area contributed by atoms with Crippen LogP contribution in [0.15, 0.2) is 7.57 Å². The standard InChI is InChI=1S/C15H19Br2NO2S/c1-2-3-4-5-6-7-8-9-18-14(19)10-11(15(18)20)13(17)21-12(10)16/h2-9H2,1H3. The Morgan fingerprint density at radius 1 is 0.857 bits per heavy atom. The quantitative estimate of drug-likeness (QED) is 0.391. The number of carbonyl (C=O) groups excluding carboxylic acids is 2. The number of unbranched alkanes of at least 4 members (excludes halogenated alkanes) is 6. The molecule has 1 aliphatic heterocycles. The molecule has 2 rings (SSSR count). The number of carbonyl (C=O) groups is 2. The van der Waals surface area contributed by atoms with Crippen LogP contribution in [0.25, 0.3) is 0 Å². The first-order chi connectivity index (χ1) is 10.1. The van der Waals surface area contributed by atoms with Crippen molar-refractivity contribution in [1.29, 1.82) is 0 Å². The maximum absolute atomic E-state index is 12.3. The summed E-state index contributed by atoms with van der Waals surface area (Å²) >= 11 is 8.12. The molecule has 1 aromatic rings. The van der Waals surface area contributed by atoms with Gasteiger partial charge in [-0.05, 0) is 38.3 Å². The van der Waals surface area contributed by atoms with Crippen molar-refractivity contribution in [3.63, 3.8) is 0 Å². The van der Waals surface area contributed by atoms with Gasteiger partial charge in [-0.2, -0.15) is 0 Å². The number of hydrogen-bond donors (Lipinski definition) is 0. The summed E-state index contributed by atoms with van der Waals surface area (Å²) in [4.78, 5) is 26.0. The summed E-state index contributed by atoms with van der Waals surface area (Å²) in [6, 6.07) is 0. The van der Waals surface area contributed by atoms with Gasteiger partial charge >= 0.3 is 0 Å². The van der Waals surface area contributed by atoms with Gasteiger partial charge in [0.15, 0.2) is 0 Å². The lowest BCUT2D eigenvalue weighted by Gasteiger charge is -2.14. The topological polar surface area (TPSA) is 37.4 Å². The number of halogens is 2. The van der Waals surface area contributed by atoms with Crippen LogP contribution in [0, 0.1) is 0 Å². The zero-order chi connectivity index (χ0) is 15.4. The van der Waals surface area contributed by atoms with Crippen molar-refractivity contribution in [1.82, 2.24) is 4.90 Å². The average molecular weight is 437 g/mol. The summed E-state index contributed by atoms with van der Waals surface area (Å²) in [5.74, 6) is -0.315. The Balaban J connectivity index is 1.82. The van der Waals surface area contributed by atoms with Crippen molar-refractivity contribution in [3.8, 4) is 0 Å². The van der Waals surface area contributed by atoms with Crippen LogP contribution in [-0.2, 0) is 0 Å². The first-order valence-electron chi connectivity index (χ1n) is 7.42. The molecule has 21 heavy (non-hydrogen) atoms. The normalized spacial score (nSPS) is 14.1. The van der Waals surface area contributed by atoms with E-state index in [2.05, 4.69) is 38.8 Å². The van der Waals surface area contributed by atoms with Crippen LogP contribution in [0.3, 0.4) is 0 Å². The highest BCUT2D eigenvalue weighted by Crippen LogP contribution is 2.41. The minimum absolute atomic E-state index is 0.158. The fourth-order valence-electron chi connectivity index (χ4n) is 2.55. The Labute approximate surface area is 146 Å². The zero-order valence-corrected chi connectivity index (χ0v) is 16.1. The van der Waals surface area contributed by atoms with E-state index < -0.39 is 0 Å². The third-order valence-electron chi connectivity index (χ3n) is 3.73. The highest BCUT2D eigenvalue weighted by atomic mass is 79.9. The van der Waals surface area contributed by atoms with Crippen LogP contribution in [0.2, 0.25) is 0 Å². The molecule has 0 fully saturated rings. The molecule has 2 heterocycles. The van der Waals surface area contributed by atoms with E-state index in [4.69, 9.17) is 0 Å². The van der Waals surface area contributed by atoms with Crippen LogP contribution in [0.1, 0.15) is 72.6 Å². The van der Waals surface area contributed by atoms with Crippen LogP contribution in [0.5, 0.6) is 0 Å². The van der Waals surface area contributed by atoms with Gasteiger partial charge in [-0.1, -0.05) is 45.4 Å². The van der Waals surface area contributed by atoms with Gasteiger partial charge < -0.3 is 0 Å². The predicted octanol–water partition coefficient (Wildman–Crippen LogP) is 5.62. The van der Waals surface area contributed by atoms with Gasteiger partial charge in [0.2, 0.25) is 0 Å². The van der Waals surface area contributed by atoms with E-state index in [9.17, 15) is 9.59 Å². The molecule has 0 bridgehead atoms. The van der Waals surface area contributed by atoms with Gasteiger partial charge in [0.1, 0.15) is 0 Å². The molecule has 116 valence electrons. The minimum atomic E-state index is -0.158. The molecule has 0 atom stereocenters. The first kappa shape index (κ1) is 17.2. The Kier molecular flexibility index (Phi) is 6.44. The highest BCUT2D eigenvalue weighted by Gasteiger charge is 2.40. The summed E-state index contributed by atoms with van der Waals surface area (Å²) in [7, 11) is 0. The number of thiophene rings is 1. The number of nitrogens with zero attached hydrogens (tertiary/aromatic N) is 1. The molecule has 0 N–H and O–H groups in total. The number of fused-ring (bicyclic) bond motifs is 1. The summed E-state index contributed by atoms with van der Waals surface area (Å²) < 4.78 is 1.48. The molecule has 0 unspecified atom stereocenters.